The van der Waals surface area contributed by atoms with Crippen molar-refractivity contribution in [3.05, 3.63) is 35.4 Å². The summed E-state index contributed by atoms with van der Waals surface area (Å²) in [5.74, 6) is 0.0573. The van der Waals surface area contributed by atoms with Gasteiger partial charge in [0.1, 0.15) is 0 Å². The third kappa shape index (κ3) is 5.45. The fourth-order valence-electron chi connectivity index (χ4n) is 3.24. The minimum atomic E-state index is 0. The summed E-state index contributed by atoms with van der Waals surface area (Å²) in [6.45, 7) is 3.62. The number of halogens is 1. The Bertz CT molecular complexity index is 521. The summed E-state index contributed by atoms with van der Waals surface area (Å²) in [7, 11) is 0. The molecule has 2 aliphatic rings. The van der Waals surface area contributed by atoms with Crippen molar-refractivity contribution < 1.29 is 14.3 Å². The number of amides is 1. The second-order valence-electron chi connectivity index (χ2n) is 6.19. The molecule has 2 heterocycles. The number of benzene rings is 1. The molecule has 0 bridgehead atoms. The fourth-order valence-corrected chi connectivity index (χ4v) is 3.24. The summed E-state index contributed by atoms with van der Waals surface area (Å²) in [5.41, 5.74) is 2.69. The predicted molar refractivity (Wildman–Crippen MR) is 95.6 cm³/mol. The van der Waals surface area contributed by atoms with E-state index in [2.05, 4.69) is 34.9 Å². The average Bonchev–Trinajstić information content (AvgIpc) is 2.61. The molecule has 1 amide bonds. The molecule has 0 saturated carbocycles. The van der Waals surface area contributed by atoms with Gasteiger partial charge < -0.3 is 20.1 Å². The van der Waals surface area contributed by atoms with Crippen LogP contribution in [0.25, 0.3) is 0 Å². The molecule has 1 aromatic rings. The Labute approximate surface area is 149 Å². The van der Waals surface area contributed by atoms with Crippen LogP contribution < -0.4 is 10.6 Å². The van der Waals surface area contributed by atoms with Gasteiger partial charge in [-0.1, -0.05) is 24.3 Å². The molecule has 1 fully saturated rings. The van der Waals surface area contributed by atoms with Gasteiger partial charge in [-0.3, -0.25) is 4.79 Å². The minimum absolute atomic E-state index is 0. The summed E-state index contributed by atoms with van der Waals surface area (Å²) >= 11 is 0. The van der Waals surface area contributed by atoms with Crippen LogP contribution in [0, 0.1) is 0 Å². The van der Waals surface area contributed by atoms with Crippen LogP contribution in [0.4, 0.5) is 0 Å². The predicted octanol–water partition coefficient (Wildman–Crippen LogP) is 2.00. The molecule has 0 aromatic heterocycles. The van der Waals surface area contributed by atoms with E-state index in [-0.39, 0.29) is 30.5 Å². The Hall–Kier alpha value is -1.14. The van der Waals surface area contributed by atoms with Gasteiger partial charge >= 0.3 is 0 Å². The number of carbonyl (C=O) groups excluding carboxylic acids is 1. The van der Waals surface area contributed by atoms with Crippen LogP contribution in [0.5, 0.6) is 0 Å². The maximum absolute atomic E-state index is 12.0. The van der Waals surface area contributed by atoms with Crippen molar-refractivity contribution >= 4 is 18.3 Å². The molecule has 0 aliphatic carbocycles. The molecular weight excluding hydrogens is 328 g/mol. The smallest absolute Gasteiger partial charge is 0.222 e. The molecule has 5 nitrogen and oxygen atoms in total. The van der Waals surface area contributed by atoms with E-state index in [1.807, 2.05) is 0 Å². The molecule has 3 rings (SSSR count). The van der Waals surface area contributed by atoms with Gasteiger partial charge in [-0.2, -0.15) is 0 Å². The van der Waals surface area contributed by atoms with Crippen molar-refractivity contribution in [3.63, 3.8) is 0 Å². The molecule has 1 saturated heterocycles. The first kappa shape index (κ1) is 19.2. The highest BCUT2D eigenvalue weighted by molar-refractivity contribution is 5.85. The monoisotopic (exact) mass is 354 g/mol. The Morgan fingerprint density at radius 1 is 1.29 bits per heavy atom. The van der Waals surface area contributed by atoms with E-state index in [0.29, 0.717) is 19.6 Å². The topological polar surface area (TPSA) is 59.6 Å². The standard InChI is InChI=1S/C18H26N2O3.ClH/c21-18(8-12-23-15-6-10-22-11-7-15)20-13-17-16-4-2-1-3-14(16)5-9-19-17;/h1-4,15,17,19H,5-13H2,(H,20,21);1H. The van der Waals surface area contributed by atoms with Crippen LogP contribution in [-0.2, 0) is 20.7 Å². The first-order chi connectivity index (χ1) is 11.3. The van der Waals surface area contributed by atoms with Crippen LogP contribution >= 0.6 is 12.4 Å². The summed E-state index contributed by atoms with van der Waals surface area (Å²) in [5, 5.41) is 6.50. The van der Waals surface area contributed by atoms with Crippen molar-refractivity contribution in [2.75, 3.05) is 32.9 Å². The van der Waals surface area contributed by atoms with E-state index in [4.69, 9.17) is 9.47 Å². The first-order valence-electron chi connectivity index (χ1n) is 8.60. The van der Waals surface area contributed by atoms with Crippen molar-refractivity contribution in [2.24, 2.45) is 0 Å². The summed E-state index contributed by atoms with van der Waals surface area (Å²) < 4.78 is 11.0. The molecule has 0 radical (unpaired) electrons. The highest BCUT2D eigenvalue weighted by Gasteiger charge is 2.19. The summed E-state index contributed by atoms with van der Waals surface area (Å²) in [4.78, 5) is 12.0. The van der Waals surface area contributed by atoms with Gasteiger partial charge in [0.2, 0.25) is 5.91 Å². The lowest BCUT2D eigenvalue weighted by molar-refractivity contribution is -0.123. The van der Waals surface area contributed by atoms with Gasteiger partial charge in [0, 0.05) is 32.2 Å². The SMILES string of the molecule is Cl.O=C(CCOC1CCOCC1)NCC1NCCc2ccccc21. The Morgan fingerprint density at radius 2 is 2.08 bits per heavy atom. The van der Waals surface area contributed by atoms with E-state index in [1.165, 1.54) is 11.1 Å². The molecule has 24 heavy (non-hydrogen) atoms. The normalized spacial score (nSPS) is 20.8. The number of ether oxygens (including phenoxy) is 2. The molecule has 1 atom stereocenters. The van der Waals surface area contributed by atoms with Gasteiger partial charge in [-0.05, 0) is 36.9 Å². The van der Waals surface area contributed by atoms with Crippen molar-refractivity contribution in [1.29, 1.82) is 0 Å². The quantitative estimate of drug-likeness (QED) is 0.820. The highest BCUT2D eigenvalue weighted by Crippen LogP contribution is 2.21. The number of rotatable bonds is 6. The van der Waals surface area contributed by atoms with Gasteiger partial charge in [-0.15, -0.1) is 12.4 Å². The lowest BCUT2D eigenvalue weighted by atomic mass is 9.94. The fraction of sp³-hybridized carbons (Fsp3) is 0.611. The zero-order chi connectivity index (χ0) is 15.9. The first-order valence-corrected chi connectivity index (χ1v) is 8.60. The molecule has 2 aliphatic heterocycles. The summed E-state index contributed by atoms with van der Waals surface area (Å²) in [6, 6.07) is 8.66. The van der Waals surface area contributed by atoms with Crippen LogP contribution in [0.1, 0.15) is 36.4 Å². The van der Waals surface area contributed by atoms with E-state index in [9.17, 15) is 4.79 Å². The van der Waals surface area contributed by atoms with Crippen molar-refractivity contribution in [2.45, 2.75) is 37.8 Å². The van der Waals surface area contributed by atoms with E-state index >= 15 is 0 Å². The molecule has 1 aromatic carbocycles. The maximum atomic E-state index is 12.0. The number of hydrogen-bond donors (Lipinski definition) is 2. The third-order valence-electron chi connectivity index (χ3n) is 4.57. The molecule has 1 unspecified atom stereocenters. The second-order valence-corrected chi connectivity index (χ2v) is 6.19. The van der Waals surface area contributed by atoms with Crippen molar-refractivity contribution in [1.82, 2.24) is 10.6 Å². The average molecular weight is 355 g/mol. The van der Waals surface area contributed by atoms with E-state index in [1.54, 1.807) is 0 Å². The van der Waals surface area contributed by atoms with Crippen LogP contribution in [0.15, 0.2) is 24.3 Å². The molecule has 134 valence electrons. The van der Waals surface area contributed by atoms with Gasteiger partial charge in [0.15, 0.2) is 0 Å². The zero-order valence-corrected chi connectivity index (χ0v) is 14.8. The molecule has 0 spiro atoms. The lowest BCUT2D eigenvalue weighted by Crippen LogP contribution is -2.39. The number of nitrogens with one attached hydrogen (secondary N) is 2. The third-order valence-corrected chi connectivity index (χ3v) is 4.57. The second kappa shape index (κ2) is 9.99. The minimum Gasteiger partial charge on any atom is -0.381 e. The molecule has 6 heteroatoms. The lowest BCUT2D eigenvalue weighted by Gasteiger charge is -2.27. The molecule has 2 N–H and O–H groups in total. The van der Waals surface area contributed by atoms with E-state index in [0.717, 1.165) is 39.0 Å². The van der Waals surface area contributed by atoms with Crippen molar-refractivity contribution in [3.8, 4) is 0 Å². The van der Waals surface area contributed by atoms with Gasteiger partial charge in [0.05, 0.1) is 12.7 Å². The van der Waals surface area contributed by atoms with Crippen LogP contribution in [0.3, 0.4) is 0 Å². The Balaban J connectivity index is 0.00000208. The van der Waals surface area contributed by atoms with Gasteiger partial charge in [-0.25, -0.2) is 0 Å². The Morgan fingerprint density at radius 3 is 2.92 bits per heavy atom. The number of carbonyl (C=O) groups is 1. The highest BCUT2D eigenvalue weighted by atomic mass is 35.5. The zero-order valence-electron chi connectivity index (χ0n) is 14.0. The Kier molecular flexibility index (Phi) is 7.99. The van der Waals surface area contributed by atoms with Gasteiger partial charge in [0.25, 0.3) is 0 Å². The van der Waals surface area contributed by atoms with E-state index < -0.39 is 0 Å². The molecular formula is C18H27ClN2O3. The largest absolute Gasteiger partial charge is 0.381 e. The number of hydrogen-bond acceptors (Lipinski definition) is 4. The summed E-state index contributed by atoms with van der Waals surface area (Å²) in [6.07, 6.45) is 3.60. The van der Waals surface area contributed by atoms with Crippen LogP contribution in [-0.4, -0.2) is 44.9 Å². The van der Waals surface area contributed by atoms with Crippen LogP contribution in [0.2, 0.25) is 0 Å². The maximum Gasteiger partial charge on any atom is 0.222 e. The number of fused-ring (bicyclic) bond motifs is 1.